The molecule has 0 spiro atoms. The molecule has 18 heavy (non-hydrogen) atoms. The highest BCUT2D eigenvalue weighted by Gasteiger charge is 2.32. The summed E-state index contributed by atoms with van der Waals surface area (Å²) in [7, 11) is 1.80. The fraction of sp³-hybridized carbons (Fsp3) is 1.00. The molecule has 2 aliphatic rings. The molecule has 2 N–H and O–H groups in total. The van der Waals surface area contributed by atoms with Crippen LogP contribution in [0.15, 0.2) is 0 Å². The van der Waals surface area contributed by atoms with E-state index in [1.165, 1.54) is 45.1 Å². The Morgan fingerprint density at radius 2 is 2.00 bits per heavy atom. The maximum atomic E-state index is 6.17. The fourth-order valence-corrected chi connectivity index (χ4v) is 3.36. The molecule has 2 fully saturated rings. The second-order valence-electron chi connectivity index (χ2n) is 6.25. The average molecular weight is 254 g/mol. The van der Waals surface area contributed by atoms with Crippen LogP contribution in [0.2, 0.25) is 0 Å². The minimum atomic E-state index is 0.463. The molecule has 106 valence electrons. The second-order valence-corrected chi connectivity index (χ2v) is 6.25. The van der Waals surface area contributed by atoms with Gasteiger partial charge >= 0.3 is 0 Å². The molecular formula is C15H30N2O. The van der Waals surface area contributed by atoms with Crippen molar-refractivity contribution in [1.29, 1.82) is 0 Å². The first-order chi connectivity index (χ1) is 8.72. The van der Waals surface area contributed by atoms with Gasteiger partial charge in [0.15, 0.2) is 0 Å². The Morgan fingerprint density at radius 3 is 2.56 bits per heavy atom. The predicted molar refractivity (Wildman–Crippen MR) is 75.6 cm³/mol. The summed E-state index contributed by atoms with van der Waals surface area (Å²) in [6.45, 7) is 5.53. The highest BCUT2D eigenvalue weighted by molar-refractivity contribution is 4.87. The quantitative estimate of drug-likeness (QED) is 0.722. The van der Waals surface area contributed by atoms with Crippen molar-refractivity contribution in [3.63, 3.8) is 0 Å². The topological polar surface area (TPSA) is 38.5 Å². The number of nitrogens with two attached hydrogens (primary N) is 1. The van der Waals surface area contributed by atoms with E-state index in [2.05, 4.69) is 11.8 Å². The van der Waals surface area contributed by atoms with Crippen LogP contribution >= 0.6 is 0 Å². The molecule has 0 aromatic heterocycles. The van der Waals surface area contributed by atoms with Crippen LogP contribution in [-0.2, 0) is 4.74 Å². The lowest BCUT2D eigenvalue weighted by molar-refractivity contribution is 0.111. The van der Waals surface area contributed by atoms with E-state index in [0.717, 1.165) is 31.0 Å². The number of nitrogens with zero attached hydrogens (tertiary/aromatic N) is 1. The summed E-state index contributed by atoms with van der Waals surface area (Å²) in [5.41, 5.74) is 6.17. The third kappa shape index (κ3) is 3.94. The highest BCUT2D eigenvalue weighted by atomic mass is 16.5. The molecule has 3 atom stereocenters. The number of methoxy groups -OCH3 is 1. The zero-order valence-corrected chi connectivity index (χ0v) is 12.1. The van der Waals surface area contributed by atoms with Gasteiger partial charge in [0.25, 0.3) is 0 Å². The van der Waals surface area contributed by atoms with Gasteiger partial charge in [-0.2, -0.15) is 0 Å². The fourth-order valence-electron chi connectivity index (χ4n) is 3.36. The van der Waals surface area contributed by atoms with Crippen molar-refractivity contribution in [3.8, 4) is 0 Å². The molecule has 2 rings (SSSR count). The number of hydrogen-bond acceptors (Lipinski definition) is 3. The first kappa shape index (κ1) is 14.3. The number of ether oxygens (including phenoxy) is 1. The Morgan fingerprint density at radius 1 is 1.22 bits per heavy atom. The van der Waals surface area contributed by atoms with Crippen molar-refractivity contribution in [2.75, 3.05) is 26.8 Å². The molecule has 0 amide bonds. The monoisotopic (exact) mass is 254 g/mol. The minimum absolute atomic E-state index is 0.463. The van der Waals surface area contributed by atoms with Gasteiger partial charge in [-0.25, -0.2) is 0 Å². The highest BCUT2D eigenvalue weighted by Crippen LogP contribution is 2.35. The molecule has 0 radical (unpaired) electrons. The van der Waals surface area contributed by atoms with E-state index in [-0.39, 0.29) is 0 Å². The summed E-state index contributed by atoms with van der Waals surface area (Å²) < 4.78 is 5.25. The van der Waals surface area contributed by atoms with Gasteiger partial charge in [0, 0.05) is 25.7 Å². The van der Waals surface area contributed by atoms with Crippen LogP contribution in [0.5, 0.6) is 0 Å². The van der Waals surface area contributed by atoms with Crippen molar-refractivity contribution in [2.24, 2.45) is 17.6 Å². The number of hydrogen-bond donors (Lipinski definition) is 1. The molecule has 2 saturated carbocycles. The van der Waals surface area contributed by atoms with Crippen molar-refractivity contribution in [1.82, 2.24) is 4.90 Å². The van der Waals surface area contributed by atoms with Gasteiger partial charge in [-0.15, -0.1) is 0 Å². The lowest BCUT2D eigenvalue weighted by atomic mass is 9.99. The van der Waals surface area contributed by atoms with Crippen LogP contribution in [0.3, 0.4) is 0 Å². The normalized spacial score (nSPS) is 30.0. The van der Waals surface area contributed by atoms with Crippen LogP contribution in [0, 0.1) is 11.8 Å². The first-order valence-corrected chi connectivity index (χ1v) is 7.71. The molecule has 0 saturated heterocycles. The Bertz CT molecular complexity index is 243. The molecule has 0 aliphatic heterocycles. The molecule has 3 unspecified atom stereocenters. The van der Waals surface area contributed by atoms with Crippen molar-refractivity contribution >= 4 is 0 Å². The smallest absolute Gasteiger partial charge is 0.0589 e. The van der Waals surface area contributed by atoms with Crippen LogP contribution in [0.1, 0.15) is 45.4 Å². The second kappa shape index (κ2) is 6.88. The third-order valence-electron chi connectivity index (χ3n) is 4.97. The van der Waals surface area contributed by atoms with E-state index >= 15 is 0 Å². The summed E-state index contributed by atoms with van der Waals surface area (Å²) in [5, 5.41) is 0. The summed E-state index contributed by atoms with van der Waals surface area (Å²) in [6, 6.07) is 1.20. The molecule has 3 heteroatoms. The van der Waals surface area contributed by atoms with E-state index in [1.807, 2.05) is 0 Å². The van der Waals surface area contributed by atoms with Gasteiger partial charge in [0.2, 0.25) is 0 Å². The lowest BCUT2D eigenvalue weighted by Gasteiger charge is -2.30. The van der Waals surface area contributed by atoms with Crippen LogP contribution in [0.25, 0.3) is 0 Å². The minimum Gasteiger partial charge on any atom is -0.383 e. The standard InChI is InChI=1S/C15H30N2O/c1-12(13-6-7-13)17(10-11-18-2)9-8-14-4-3-5-15(14)16/h12-15H,3-11,16H2,1-2H3. The van der Waals surface area contributed by atoms with Crippen LogP contribution < -0.4 is 5.73 Å². The van der Waals surface area contributed by atoms with Crippen LogP contribution in [0.4, 0.5) is 0 Å². The Balaban J connectivity index is 1.76. The van der Waals surface area contributed by atoms with E-state index in [0.29, 0.717) is 6.04 Å². The van der Waals surface area contributed by atoms with Crippen molar-refractivity contribution in [2.45, 2.75) is 57.5 Å². The van der Waals surface area contributed by atoms with E-state index in [9.17, 15) is 0 Å². The maximum Gasteiger partial charge on any atom is 0.0589 e. The van der Waals surface area contributed by atoms with Gasteiger partial charge in [0.05, 0.1) is 6.61 Å². The predicted octanol–water partition coefficient (Wildman–Crippen LogP) is 2.25. The Kier molecular flexibility index (Phi) is 5.46. The first-order valence-electron chi connectivity index (χ1n) is 7.71. The van der Waals surface area contributed by atoms with E-state index in [1.54, 1.807) is 7.11 Å². The maximum absolute atomic E-state index is 6.17. The van der Waals surface area contributed by atoms with Gasteiger partial charge < -0.3 is 10.5 Å². The molecule has 0 aromatic carbocycles. The number of rotatable bonds is 8. The molecular weight excluding hydrogens is 224 g/mol. The van der Waals surface area contributed by atoms with Gasteiger partial charge in [-0.3, -0.25) is 4.90 Å². The van der Waals surface area contributed by atoms with Crippen molar-refractivity contribution in [3.05, 3.63) is 0 Å². The Labute approximate surface area is 112 Å². The molecule has 0 bridgehead atoms. The molecule has 0 aromatic rings. The van der Waals surface area contributed by atoms with E-state index < -0.39 is 0 Å². The zero-order chi connectivity index (χ0) is 13.0. The summed E-state index contributed by atoms with van der Waals surface area (Å²) in [5.74, 6) is 1.71. The molecule has 3 nitrogen and oxygen atoms in total. The lowest BCUT2D eigenvalue weighted by Crippen LogP contribution is -2.39. The van der Waals surface area contributed by atoms with Gasteiger partial charge in [0.1, 0.15) is 0 Å². The average Bonchev–Trinajstić information content (AvgIpc) is 3.13. The molecule has 2 aliphatic carbocycles. The van der Waals surface area contributed by atoms with Crippen LogP contribution in [-0.4, -0.2) is 43.8 Å². The largest absolute Gasteiger partial charge is 0.383 e. The van der Waals surface area contributed by atoms with Crippen molar-refractivity contribution < 1.29 is 4.74 Å². The Hall–Kier alpha value is -0.120. The zero-order valence-electron chi connectivity index (χ0n) is 12.1. The summed E-state index contributed by atoms with van der Waals surface area (Å²) >= 11 is 0. The van der Waals surface area contributed by atoms with E-state index in [4.69, 9.17) is 10.5 Å². The summed E-state index contributed by atoms with van der Waals surface area (Å²) in [6.07, 6.45) is 8.04. The molecule has 0 heterocycles. The SMILES string of the molecule is COCCN(CCC1CCCC1N)C(C)C1CC1. The van der Waals surface area contributed by atoms with Gasteiger partial charge in [-0.1, -0.05) is 6.42 Å². The van der Waals surface area contributed by atoms with Gasteiger partial charge in [-0.05, 0) is 57.4 Å². The summed E-state index contributed by atoms with van der Waals surface area (Å²) in [4.78, 5) is 2.63. The third-order valence-corrected chi connectivity index (χ3v) is 4.97.